The van der Waals surface area contributed by atoms with Crippen LogP contribution in [-0.4, -0.2) is 18.2 Å². The van der Waals surface area contributed by atoms with Gasteiger partial charge in [-0.15, -0.1) is 0 Å². The minimum absolute atomic E-state index is 0.681. The van der Waals surface area contributed by atoms with Crippen molar-refractivity contribution < 1.29 is 14.6 Å². The van der Waals surface area contributed by atoms with Gasteiger partial charge in [-0.3, -0.25) is 4.79 Å². The molecular formula is C16H16O3. The second kappa shape index (κ2) is 4.26. The van der Waals surface area contributed by atoms with Gasteiger partial charge in [0.1, 0.15) is 5.75 Å². The van der Waals surface area contributed by atoms with Crippen molar-refractivity contribution in [1.29, 1.82) is 0 Å². The monoisotopic (exact) mass is 256 g/mol. The van der Waals surface area contributed by atoms with E-state index in [1.807, 2.05) is 36.4 Å². The number of carboxylic acid groups (broad SMARTS) is 1. The molecule has 0 amide bonds. The Hall–Kier alpha value is -2.03. The average Bonchev–Trinajstić information content (AvgIpc) is 2.37. The van der Waals surface area contributed by atoms with Crippen molar-refractivity contribution in [2.75, 3.05) is 7.11 Å². The van der Waals surface area contributed by atoms with Crippen LogP contribution in [-0.2, 0) is 10.2 Å². The standard InChI is InChI=1S/C16H16O3/c1-19-13-8-7-11-5-2-3-6-12(11)14(13)16(15(17)18)9-4-10-16/h2-3,5-8H,4,9-10H2,1H3,(H,17,18). The van der Waals surface area contributed by atoms with Crippen LogP contribution in [0.2, 0.25) is 0 Å². The van der Waals surface area contributed by atoms with Crippen LogP contribution >= 0.6 is 0 Å². The van der Waals surface area contributed by atoms with E-state index in [9.17, 15) is 9.90 Å². The summed E-state index contributed by atoms with van der Waals surface area (Å²) in [5.74, 6) is -0.0609. The van der Waals surface area contributed by atoms with Crippen LogP contribution in [0.15, 0.2) is 36.4 Å². The van der Waals surface area contributed by atoms with E-state index in [0.717, 1.165) is 22.8 Å². The minimum Gasteiger partial charge on any atom is -0.496 e. The van der Waals surface area contributed by atoms with Gasteiger partial charge < -0.3 is 9.84 Å². The number of hydrogen-bond acceptors (Lipinski definition) is 2. The Labute approximate surface area is 111 Å². The molecule has 0 saturated heterocycles. The van der Waals surface area contributed by atoms with Crippen LogP contribution < -0.4 is 4.74 Å². The van der Waals surface area contributed by atoms with Gasteiger partial charge >= 0.3 is 5.97 Å². The third kappa shape index (κ3) is 1.61. The second-order valence-corrected chi connectivity index (χ2v) is 5.10. The van der Waals surface area contributed by atoms with E-state index in [1.165, 1.54) is 0 Å². The topological polar surface area (TPSA) is 46.5 Å². The zero-order valence-corrected chi connectivity index (χ0v) is 10.8. The Balaban J connectivity index is 2.34. The minimum atomic E-state index is -0.772. The SMILES string of the molecule is COc1ccc2ccccc2c1C1(C(=O)O)CCC1. The largest absolute Gasteiger partial charge is 0.496 e. The number of ether oxygens (including phenoxy) is 1. The number of carbonyl (C=O) groups is 1. The summed E-state index contributed by atoms with van der Waals surface area (Å²) in [6.07, 6.45) is 2.33. The lowest BCUT2D eigenvalue weighted by Crippen LogP contribution is -2.42. The van der Waals surface area contributed by atoms with Gasteiger partial charge in [0.05, 0.1) is 12.5 Å². The molecule has 0 aromatic heterocycles. The van der Waals surface area contributed by atoms with E-state index in [1.54, 1.807) is 7.11 Å². The van der Waals surface area contributed by atoms with E-state index >= 15 is 0 Å². The second-order valence-electron chi connectivity index (χ2n) is 5.10. The number of benzene rings is 2. The normalized spacial score (nSPS) is 16.9. The van der Waals surface area contributed by atoms with Crippen LogP contribution in [0, 0.1) is 0 Å². The van der Waals surface area contributed by atoms with Crippen molar-refractivity contribution >= 4 is 16.7 Å². The number of carboxylic acids is 1. The summed E-state index contributed by atoms with van der Waals surface area (Å²) in [6.45, 7) is 0. The van der Waals surface area contributed by atoms with Crippen molar-refractivity contribution in [2.24, 2.45) is 0 Å². The molecule has 1 saturated carbocycles. The lowest BCUT2D eigenvalue weighted by atomic mass is 9.63. The van der Waals surface area contributed by atoms with Crippen molar-refractivity contribution in [1.82, 2.24) is 0 Å². The first-order chi connectivity index (χ1) is 9.19. The molecule has 0 bridgehead atoms. The van der Waals surface area contributed by atoms with Crippen molar-refractivity contribution in [2.45, 2.75) is 24.7 Å². The van der Waals surface area contributed by atoms with Crippen LogP contribution in [0.5, 0.6) is 5.75 Å². The zero-order valence-electron chi connectivity index (χ0n) is 10.8. The Morgan fingerprint density at radius 2 is 1.95 bits per heavy atom. The molecule has 0 aliphatic heterocycles. The molecule has 3 heteroatoms. The Bertz CT molecular complexity index is 641. The van der Waals surface area contributed by atoms with Crippen molar-refractivity contribution in [3.63, 3.8) is 0 Å². The molecule has 2 aromatic carbocycles. The quantitative estimate of drug-likeness (QED) is 0.916. The first-order valence-electron chi connectivity index (χ1n) is 6.49. The van der Waals surface area contributed by atoms with Crippen LogP contribution in [0.25, 0.3) is 10.8 Å². The lowest BCUT2D eigenvalue weighted by molar-refractivity contribution is -0.147. The van der Waals surface area contributed by atoms with E-state index in [-0.39, 0.29) is 0 Å². The maximum Gasteiger partial charge on any atom is 0.314 e. The molecular weight excluding hydrogens is 240 g/mol. The van der Waals surface area contributed by atoms with Gasteiger partial charge in [-0.1, -0.05) is 36.8 Å². The van der Waals surface area contributed by atoms with Gasteiger partial charge in [-0.25, -0.2) is 0 Å². The predicted molar refractivity (Wildman–Crippen MR) is 73.7 cm³/mol. The van der Waals surface area contributed by atoms with Gasteiger partial charge in [0.15, 0.2) is 0 Å². The summed E-state index contributed by atoms with van der Waals surface area (Å²) < 4.78 is 5.42. The highest BCUT2D eigenvalue weighted by Crippen LogP contribution is 2.49. The summed E-state index contributed by atoms with van der Waals surface area (Å²) in [5, 5.41) is 11.7. The van der Waals surface area contributed by atoms with Gasteiger partial charge in [0.25, 0.3) is 0 Å². The van der Waals surface area contributed by atoms with Gasteiger partial charge in [-0.05, 0) is 29.7 Å². The Morgan fingerprint density at radius 3 is 2.53 bits per heavy atom. The summed E-state index contributed by atoms with van der Waals surface area (Å²) in [5.41, 5.74) is 0.0681. The van der Waals surface area contributed by atoms with Gasteiger partial charge in [-0.2, -0.15) is 0 Å². The summed E-state index contributed by atoms with van der Waals surface area (Å²) >= 11 is 0. The zero-order chi connectivity index (χ0) is 13.5. The maximum absolute atomic E-state index is 11.8. The average molecular weight is 256 g/mol. The smallest absolute Gasteiger partial charge is 0.314 e. The number of fused-ring (bicyclic) bond motifs is 1. The number of rotatable bonds is 3. The molecule has 0 radical (unpaired) electrons. The van der Waals surface area contributed by atoms with E-state index in [4.69, 9.17) is 4.74 Å². The van der Waals surface area contributed by atoms with E-state index in [0.29, 0.717) is 18.6 Å². The number of aliphatic carboxylic acids is 1. The first-order valence-corrected chi connectivity index (χ1v) is 6.49. The fourth-order valence-electron chi connectivity index (χ4n) is 3.02. The fraction of sp³-hybridized carbons (Fsp3) is 0.312. The molecule has 19 heavy (non-hydrogen) atoms. The van der Waals surface area contributed by atoms with Crippen molar-refractivity contribution in [3.05, 3.63) is 42.0 Å². The molecule has 3 rings (SSSR count). The fourth-order valence-corrected chi connectivity index (χ4v) is 3.02. The highest BCUT2D eigenvalue weighted by molar-refractivity contribution is 5.95. The third-order valence-corrected chi connectivity index (χ3v) is 4.21. The highest BCUT2D eigenvalue weighted by Gasteiger charge is 2.48. The molecule has 0 spiro atoms. The Kier molecular flexibility index (Phi) is 2.70. The van der Waals surface area contributed by atoms with Gasteiger partial charge in [0.2, 0.25) is 0 Å². The highest BCUT2D eigenvalue weighted by atomic mass is 16.5. The molecule has 0 atom stereocenters. The molecule has 0 unspecified atom stereocenters. The van der Waals surface area contributed by atoms with Gasteiger partial charge in [0, 0.05) is 5.56 Å². The molecule has 1 N–H and O–H groups in total. The van der Waals surface area contributed by atoms with Crippen LogP contribution in [0.4, 0.5) is 0 Å². The van der Waals surface area contributed by atoms with E-state index in [2.05, 4.69) is 0 Å². The molecule has 1 aliphatic carbocycles. The molecule has 3 nitrogen and oxygen atoms in total. The summed E-state index contributed by atoms with van der Waals surface area (Å²) in [4.78, 5) is 11.8. The first kappa shape index (κ1) is 12.0. The molecule has 1 aliphatic rings. The number of methoxy groups -OCH3 is 1. The maximum atomic E-state index is 11.8. The molecule has 0 heterocycles. The summed E-state index contributed by atoms with van der Waals surface area (Å²) in [7, 11) is 1.60. The lowest BCUT2D eigenvalue weighted by Gasteiger charge is -2.39. The van der Waals surface area contributed by atoms with Crippen LogP contribution in [0.3, 0.4) is 0 Å². The van der Waals surface area contributed by atoms with Crippen LogP contribution in [0.1, 0.15) is 24.8 Å². The number of hydrogen-bond donors (Lipinski definition) is 1. The van der Waals surface area contributed by atoms with Crippen molar-refractivity contribution in [3.8, 4) is 5.75 Å². The Morgan fingerprint density at radius 1 is 1.21 bits per heavy atom. The summed E-state index contributed by atoms with van der Waals surface area (Å²) in [6, 6.07) is 11.8. The molecule has 98 valence electrons. The predicted octanol–water partition coefficient (Wildman–Crippen LogP) is 3.35. The molecule has 1 fully saturated rings. The van der Waals surface area contributed by atoms with E-state index < -0.39 is 11.4 Å². The third-order valence-electron chi connectivity index (χ3n) is 4.21. The molecule has 2 aromatic rings.